The van der Waals surface area contributed by atoms with Gasteiger partial charge in [-0.05, 0) is 38.0 Å². The average Bonchev–Trinajstić information content (AvgIpc) is 2.92. The summed E-state index contributed by atoms with van der Waals surface area (Å²) in [4.78, 5) is 14.3. The number of fused-ring (bicyclic) bond motifs is 1. The van der Waals surface area contributed by atoms with Crippen molar-refractivity contribution in [3.63, 3.8) is 0 Å². The highest BCUT2D eigenvalue weighted by Crippen LogP contribution is 2.28. The fraction of sp³-hybridized carbons (Fsp3) is 0.800. The van der Waals surface area contributed by atoms with Crippen LogP contribution in [0.15, 0.2) is 0 Å². The third-order valence-electron chi connectivity index (χ3n) is 5.57. The second kappa shape index (κ2) is 7.90. The van der Waals surface area contributed by atoms with Crippen molar-refractivity contribution in [1.29, 1.82) is 0 Å². The van der Waals surface area contributed by atoms with Gasteiger partial charge in [-0.15, -0.1) is 0 Å². The van der Waals surface area contributed by atoms with Crippen LogP contribution in [0.3, 0.4) is 0 Å². The van der Waals surface area contributed by atoms with Crippen molar-refractivity contribution in [2.24, 2.45) is 5.92 Å². The smallest absolute Gasteiger partial charge is 0.274 e. The molecule has 1 N–H and O–H groups in total. The first-order chi connectivity index (χ1) is 12.0. The molecule has 2 aliphatic rings. The number of aromatic nitrogens is 2. The second-order valence-corrected chi connectivity index (χ2v) is 8.49. The van der Waals surface area contributed by atoms with Crippen LogP contribution in [0.2, 0.25) is 0 Å². The van der Waals surface area contributed by atoms with E-state index in [0.29, 0.717) is 23.7 Å². The van der Waals surface area contributed by atoms with E-state index in [4.69, 9.17) is 5.10 Å². The topological polar surface area (TPSA) is 50.2 Å². The Morgan fingerprint density at radius 3 is 2.56 bits per heavy atom. The molecule has 0 saturated heterocycles. The first-order valence-corrected chi connectivity index (χ1v) is 10.0. The largest absolute Gasteiger partial charge is 0.343 e. The maximum absolute atomic E-state index is 12.6. The molecule has 0 aromatic carbocycles. The number of rotatable bonds is 5. The van der Waals surface area contributed by atoms with Gasteiger partial charge in [0.25, 0.3) is 5.91 Å². The number of amides is 1. The summed E-state index contributed by atoms with van der Waals surface area (Å²) in [7, 11) is 3.63. The van der Waals surface area contributed by atoms with Gasteiger partial charge < -0.3 is 10.2 Å². The maximum atomic E-state index is 12.6. The fourth-order valence-corrected chi connectivity index (χ4v) is 4.31. The summed E-state index contributed by atoms with van der Waals surface area (Å²) in [6.45, 7) is 5.30. The lowest BCUT2D eigenvalue weighted by Crippen LogP contribution is -2.43. The molecule has 1 aromatic heterocycles. The molecular formula is C20H34N4O. The van der Waals surface area contributed by atoms with Crippen molar-refractivity contribution < 1.29 is 4.79 Å². The summed E-state index contributed by atoms with van der Waals surface area (Å²) in [5.74, 6) is 0.571. The predicted octanol–water partition coefficient (Wildman–Crippen LogP) is 3.02. The van der Waals surface area contributed by atoms with Gasteiger partial charge in [0.15, 0.2) is 5.69 Å². The lowest BCUT2D eigenvalue weighted by Gasteiger charge is -2.31. The lowest BCUT2D eigenvalue weighted by atomic mass is 9.88. The predicted molar refractivity (Wildman–Crippen MR) is 101 cm³/mol. The molecule has 1 atom stereocenters. The molecule has 1 aromatic rings. The quantitative estimate of drug-likeness (QED) is 0.891. The molecule has 0 bridgehead atoms. The molecule has 2 aliphatic carbocycles. The number of carbonyl (C=O) groups excluding carboxylic acids is 1. The van der Waals surface area contributed by atoms with Crippen LogP contribution >= 0.6 is 0 Å². The van der Waals surface area contributed by atoms with Gasteiger partial charge in [-0.1, -0.05) is 33.1 Å². The van der Waals surface area contributed by atoms with E-state index >= 15 is 0 Å². The van der Waals surface area contributed by atoms with E-state index < -0.39 is 0 Å². The molecule has 5 heteroatoms. The lowest BCUT2D eigenvalue weighted by molar-refractivity contribution is 0.0819. The van der Waals surface area contributed by atoms with E-state index in [-0.39, 0.29) is 5.91 Å². The first-order valence-electron chi connectivity index (χ1n) is 10.0. The molecule has 1 amide bonds. The highest BCUT2D eigenvalue weighted by atomic mass is 16.2. The van der Waals surface area contributed by atoms with Crippen molar-refractivity contribution in [1.82, 2.24) is 20.0 Å². The van der Waals surface area contributed by atoms with E-state index in [1.807, 2.05) is 14.1 Å². The summed E-state index contributed by atoms with van der Waals surface area (Å²) < 4.78 is 2.10. The monoisotopic (exact) mass is 346 g/mol. The number of hydrogen-bond donors (Lipinski definition) is 1. The fourth-order valence-electron chi connectivity index (χ4n) is 4.31. The van der Waals surface area contributed by atoms with Crippen LogP contribution in [-0.4, -0.2) is 46.8 Å². The SMILES string of the molecule is CC(C)Cn1nc(C(=O)N(C)C)c2c1CCC(NC1CCCCC1)C2. The molecule has 25 heavy (non-hydrogen) atoms. The molecule has 0 spiro atoms. The Kier molecular flexibility index (Phi) is 5.82. The zero-order valence-corrected chi connectivity index (χ0v) is 16.3. The third kappa shape index (κ3) is 4.25. The van der Waals surface area contributed by atoms with Gasteiger partial charge in [0, 0.05) is 44.0 Å². The van der Waals surface area contributed by atoms with E-state index in [2.05, 4.69) is 23.8 Å². The summed E-state index contributed by atoms with van der Waals surface area (Å²) in [6, 6.07) is 1.15. The van der Waals surface area contributed by atoms with Gasteiger partial charge >= 0.3 is 0 Å². The maximum Gasteiger partial charge on any atom is 0.274 e. The van der Waals surface area contributed by atoms with Gasteiger partial charge in [-0.3, -0.25) is 9.48 Å². The van der Waals surface area contributed by atoms with Crippen molar-refractivity contribution in [3.05, 3.63) is 17.0 Å². The van der Waals surface area contributed by atoms with Gasteiger partial charge in [0.1, 0.15) is 0 Å². The molecule has 3 rings (SSSR count). The Morgan fingerprint density at radius 1 is 1.20 bits per heavy atom. The second-order valence-electron chi connectivity index (χ2n) is 8.49. The van der Waals surface area contributed by atoms with Gasteiger partial charge in [0.05, 0.1) is 0 Å². The molecule has 1 fully saturated rings. The molecule has 1 unspecified atom stereocenters. The first kappa shape index (κ1) is 18.4. The molecule has 5 nitrogen and oxygen atoms in total. The summed E-state index contributed by atoms with van der Waals surface area (Å²) in [6.07, 6.45) is 9.83. The number of nitrogens with one attached hydrogen (secondary N) is 1. The normalized spacial score (nSPS) is 21.4. The van der Waals surface area contributed by atoms with E-state index in [9.17, 15) is 4.79 Å². The van der Waals surface area contributed by atoms with Crippen LogP contribution in [0, 0.1) is 5.92 Å². The Labute approximate surface area is 152 Å². The average molecular weight is 347 g/mol. The van der Waals surface area contributed by atoms with Crippen molar-refractivity contribution in [2.45, 2.75) is 83.8 Å². The number of hydrogen-bond acceptors (Lipinski definition) is 3. The summed E-state index contributed by atoms with van der Waals surface area (Å²) in [5.41, 5.74) is 3.16. The van der Waals surface area contributed by atoms with Crippen LogP contribution < -0.4 is 5.32 Å². The van der Waals surface area contributed by atoms with Gasteiger partial charge in [-0.25, -0.2) is 0 Å². The molecule has 0 aliphatic heterocycles. The number of carbonyl (C=O) groups is 1. The molecular weight excluding hydrogens is 312 g/mol. The van der Waals surface area contributed by atoms with Crippen molar-refractivity contribution >= 4 is 5.91 Å². The summed E-state index contributed by atoms with van der Waals surface area (Å²) >= 11 is 0. The van der Waals surface area contributed by atoms with Crippen molar-refractivity contribution in [3.8, 4) is 0 Å². The zero-order chi connectivity index (χ0) is 18.0. The Hall–Kier alpha value is -1.36. The van der Waals surface area contributed by atoms with Crippen molar-refractivity contribution in [2.75, 3.05) is 14.1 Å². The minimum Gasteiger partial charge on any atom is -0.343 e. The third-order valence-corrected chi connectivity index (χ3v) is 5.57. The van der Waals surface area contributed by atoms with Crippen LogP contribution in [0.5, 0.6) is 0 Å². The molecule has 0 radical (unpaired) electrons. The minimum absolute atomic E-state index is 0.0390. The van der Waals surface area contributed by atoms with Gasteiger partial charge in [-0.2, -0.15) is 5.10 Å². The Morgan fingerprint density at radius 2 is 1.92 bits per heavy atom. The zero-order valence-electron chi connectivity index (χ0n) is 16.3. The highest BCUT2D eigenvalue weighted by Gasteiger charge is 2.31. The van der Waals surface area contributed by atoms with Crippen LogP contribution in [-0.2, 0) is 19.4 Å². The van der Waals surface area contributed by atoms with E-state index in [0.717, 1.165) is 25.8 Å². The molecule has 1 saturated carbocycles. The van der Waals surface area contributed by atoms with Crippen LogP contribution in [0.1, 0.15) is 74.1 Å². The van der Waals surface area contributed by atoms with Crippen LogP contribution in [0.4, 0.5) is 0 Å². The standard InChI is InChI=1S/C20H34N4O/c1-14(2)13-24-18-11-10-16(21-15-8-6-5-7-9-15)12-17(18)19(22-24)20(25)23(3)4/h14-16,21H,5-13H2,1-4H3. The molecule has 1 heterocycles. The minimum atomic E-state index is 0.0390. The molecule has 140 valence electrons. The van der Waals surface area contributed by atoms with E-state index in [1.165, 1.54) is 43.4 Å². The highest BCUT2D eigenvalue weighted by molar-refractivity contribution is 5.93. The summed E-state index contributed by atoms with van der Waals surface area (Å²) in [5, 5.41) is 8.61. The number of nitrogens with zero attached hydrogens (tertiary/aromatic N) is 3. The van der Waals surface area contributed by atoms with Gasteiger partial charge in [0.2, 0.25) is 0 Å². The van der Waals surface area contributed by atoms with E-state index in [1.54, 1.807) is 4.90 Å². The van der Waals surface area contributed by atoms with Crippen LogP contribution in [0.25, 0.3) is 0 Å². The Bertz CT molecular complexity index is 599. The Balaban J connectivity index is 1.80.